The number of ether oxygens (including phenoxy) is 1. The Balaban J connectivity index is 1.92. The Bertz CT molecular complexity index is 398. The van der Waals surface area contributed by atoms with Gasteiger partial charge in [0.1, 0.15) is 5.82 Å². The maximum Gasteiger partial charge on any atom is 0.358 e. The summed E-state index contributed by atoms with van der Waals surface area (Å²) < 4.78 is 4.59. The number of anilines is 1. The summed E-state index contributed by atoms with van der Waals surface area (Å²) >= 11 is 0. The third kappa shape index (κ3) is 4.19. The van der Waals surface area contributed by atoms with Gasteiger partial charge in [0.05, 0.1) is 7.11 Å². The minimum atomic E-state index is -0.454. The first-order valence-corrected chi connectivity index (χ1v) is 6.98. The summed E-state index contributed by atoms with van der Waals surface area (Å²) in [5.74, 6) is 0.281. The second-order valence-electron chi connectivity index (χ2n) is 4.98. The van der Waals surface area contributed by atoms with E-state index in [1.54, 1.807) is 12.1 Å². The fourth-order valence-corrected chi connectivity index (χ4v) is 2.43. The lowest BCUT2D eigenvalue weighted by Gasteiger charge is -2.21. The van der Waals surface area contributed by atoms with E-state index in [0.717, 1.165) is 5.82 Å². The van der Waals surface area contributed by atoms with Gasteiger partial charge in [0.2, 0.25) is 0 Å². The van der Waals surface area contributed by atoms with Crippen molar-refractivity contribution >= 4 is 11.8 Å². The van der Waals surface area contributed by atoms with Crippen molar-refractivity contribution in [1.82, 2.24) is 10.2 Å². The van der Waals surface area contributed by atoms with Crippen LogP contribution in [0.5, 0.6) is 0 Å². The van der Waals surface area contributed by atoms with Gasteiger partial charge in [-0.2, -0.15) is 0 Å². The number of methoxy groups -OCH3 is 1. The van der Waals surface area contributed by atoms with Crippen molar-refractivity contribution in [3.05, 3.63) is 17.8 Å². The van der Waals surface area contributed by atoms with Crippen molar-refractivity contribution in [3.8, 4) is 0 Å². The van der Waals surface area contributed by atoms with Crippen molar-refractivity contribution < 1.29 is 9.53 Å². The summed E-state index contributed by atoms with van der Waals surface area (Å²) in [5, 5.41) is 11.3. The third-order valence-corrected chi connectivity index (χ3v) is 3.52. The summed E-state index contributed by atoms with van der Waals surface area (Å²) in [7, 11) is 1.34. The average molecular weight is 263 g/mol. The molecule has 1 saturated carbocycles. The van der Waals surface area contributed by atoms with Gasteiger partial charge < -0.3 is 10.1 Å². The predicted octanol–water partition coefficient (Wildman–Crippen LogP) is 2.79. The first-order valence-electron chi connectivity index (χ1n) is 6.98. The molecule has 0 amide bonds. The molecule has 0 bridgehead atoms. The fourth-order valence-electron chi connectivity index (χ4n) is 2.43. The summed E-state index contributed by atoms with van der Waals surface area (Å²) in [6.45, 7) is 0. The van der Waals surface area contributed by atoms with Crippen molar-refractivity contribution in [2.75, 3.05) is 12.4 Å². The van der Waals surface area contributed by atoms with Crippen molar-refractivity contribution in [1.29, 1.82) is 0 Å². The van der Waals surface area contributed by atoms with E-state index >= 15 is 0 Å². The SMILES string of the molecule is COC(=O)c1ccc(NC2CCCCCCC2)nn1. The van der Waals surface area contributed by atoms with Crippen molar-refractivity contribution in [2.45, 2.75) is 51.0 Å². The van der Waals surface area contributed by atoms with E-state index < -0.39 is 5.97 Å². The molecule has 1 aromatic rings. The molecule has 5 heteroatoms. The maximum atomic E-state index is 11.3. The standard InChI is InChI=1S/C14H21N3O2/c1-19-14(18)12-9-10-13(17-16-12)15-11-7-5-3-2-4-6-8-11/h9-11H,2-8H2,1H3,(H,15,17). The van der Waals surface area contributed by atoms with Crippen molar-refractivity contribution in [3.63, 3.8) is 0 Å². The number of carbonyl (C=O) groups excluding carboxylic acids is 1. The van der Waals surface area contributed by atoms with Crippen LogP contribution in [0.15, 0.2) is 12.1 Å². The molecule has 19 heavy (non-hydrogen) atoms. The zero-order valence-corrected chi connectivity index (χ0v) is 11.4. The molecule has 1 aliphatic rings. The number of carbonyl (C=O) groups is 1. The maximum absolute atomic E-state index is 11.3. The van der Waals surface area contributed by atoms with Crippen LogP contribution in [-0.2, 0) is 4.74 Å². The van der Waals surface area contributed by atoms with Gasteiger partial charge in [-0.3, -0.25) is 0 Å². The lowest BCUT2D eigenvalue weighted by Crippen LogP contribution is -2.21. The number of rotatable bonds is 3. The van der Waals surface area contributed by atoms with Crippen LogP contribution >= 0.6 is 0 Å². The molecule has 0 aliphatic heterocycles. The highest BCUT2D eigenvalue weighted by Crippen LogP contribution is 2.19. The van der Waals surface area contributed by atoms with Crippen LogP contribution in [0, 0.1) is 0 Å². The molecule has 0 unspecified atom stereocenters. The van der Waals surface area contributed by atoms with Crippen LogP contribution in [0.2, 0.25) is 0 Å². The number of nitrogens with zero attached hydrogens (tertiary/aromatic N) is 2. The second kappa shape index (κ2) is 7.07. The number of aromatic nitrogens is 2. The molecular weight excluding hydrogens is 242 g/mol. The monoisotopic (exact) mass is 263 g/mol. The largest absolute Gasteiger partial charge is 0.464 e. The topological polar surface area (TPSA) is 64.1 Å². The van der Waals surface area contributed by atoms with Crippen LogP contribution in [0.1, 0.15) is 55.4 Å². The van der Waals surface area contributed by atoms with Gasteiger partial charge in [-0.15, -0.1) is 10.2 Å². The molecule has 1 fully saturated rings. The minimum Gasteiger partial charge on any atom is -0.464 e. The van der Waals surface area contributed by atoms with E-state index in [9.17, 15) is 4.79 Å². The second-order valence-corrected chi connectivity index (χ2v) is 4.98. The van der Waals surface area contributed by atoms with E-state index in [0.29, 0.717) is 6.04 Å². The first-order chi connectivity index (χ1) is 9.29. The molecule has 0 radical (unpaired) electrons. The molecule has 2 rings (SSSR count). The number of hydrogen-bond acceptors (Lipinski definition) is 5. The van der Waals surface area contributed by atoms with E-state index in [-0.39, 0.29) is 5.69 Å². The van der Waals surface area contributed by atoms with Crippen molar-refractivity contribution in [2.24, 2.45) is 0 Å². The van der Waals surface area contributed by atoms with E-state index in [4.69, 9.17) is 0 Å². The van der Waals surface area contributed by atoms with Crippen LogP contribution in [0.4, 0.5) is 5.82 Å². The molecule has 5 nitrogen and oxygen atoms in total. The fraction of sp³-hybridized carbons (Fsp3) is 0.643. The quantitative estimate of drug-likeness (QED) is 0.849. The Hall–Kier alpha value is -1.65. The molecule has 0 aromatic carbocycles. The molecular formula is C14H21N3O2. The Morgan fingerprint density at radius 3 is 2.42 bits per heavy atom. The molecule has 0 spiro atoms. The molecule has 0 saturated heterocycles. The Morgan fingerprint density at radius 2 is 1.84 bits per heavy atom. The zero-order chi connectivity index (χ0) is 13.5. The normalized spacial score (nSPS) is 17.3. The highest BCUT2D eigenvalue weighted by molar-refractivity contribution is 5.86. The molecule has 104 valence electrons. The van der Waals surface area contributed by atoms with Crippen LogP contribution in [-0.4, -0.2) is 29.3 Å². The summed E-state index contributed by atoms with van der Waals surface area (Å²) in [6.07, 6.45) is 8.91. The van der Waals surface area contributed by atoms with Gasteiger partial charge in [0.15, 0.2) is 5.69 Å². The third-order valence-electron chi connectivity index (χ3n) is 3.52. The summed E-state index contributed by atoms with van der Waals surface area (Å²) in [6, 6.07) is 3.90. The molecule has 0 atom stereocenters. The smallest absolute Gasteiger partial charge is 0.358 e. The molecule has 1 heterocycles. The van der Waals surface area contributed by atoms with Gasteiger partial charge in [-0.1, -0.05) is 32.1 Å². The zero-order valence-electron chi connectivity index (χ0n) is 11.4. The molecule has 1 N–H and O–H groups in total. The van der Waals surface area contributed by atoms with Gasteiger partial charge in [-0.05, 0) is 25.0 Å². The Morgan fingerprint density at radius 1 is 1.16 bits per heavy atom. The van der Waals surface area contributed by atoms with Crippen LogP contribution in [0.3, 0.4) is 0 Å². The van der Waals surface area contributed by atoms with Gasteiger partial charge >= 0.3 is 5.97 Å². The van der Waals surface area contributed by atoms with E-state index in [1.165, 1.54) is 52.1 Å². The number of hydrogen-bond donors (Lipinski definition) is 1. The Labute approximate surface area is 113 Å². The highest BCUT2D eigenvalue weighted by Gasteiger charge is 2.13. The molecule has 1 aliphatic carbocycles. The number of esters is 1. The predicted molar refractivity (Wildman–Crippen MR) is 73.1 cm³/mol. The highest BCUT2D eigenvalue weighted by atomic mass is 16.5. The van der Waals surface area contributed by atoms with Gasteiger partial charge in [-0.25, -0.2) is 4.79 Å². The lowest BCUT2D eigenvalue weighted by atomic mass is 9.97. The summed E-state index contributed by atoms with van der Waals surface area (Å²) in [4.78, 5) is 11.3. The van der Waals surface area contributed by atoms with E-state index in [1.807, 2.05) is 0 Å². The summed E-state index contributed by atoms with van der Waals surface area (Å²) in [5.41, 5.74) is 0.241. The van der Waals surface area contributed by atoms with Gasteiger partial charge in [0, 0.05) is 6.04 Å². The van der Waals surface area contributed by atoms with E-state index in [2.05, 4.69) is 20.3 Å². The van der Waals surface area contributed by atoms with Gasteiger partial charge in [0.25, 0.3) is 0 Å². The number of nitrogens with one attached hydrogen (secondary N) is 1. The minimum absolute atomic E-state index is 0.241. The lowest BCUT2D eigenvalue weighted by molar-refractivity contribution is 0.0593. The van der Waals surface area contributed by atoms with Crippen LogP contribution in [0.25, 0.3) is 0 Å². The average Bonchev–Trinajstić information content (AvgIpc) is 2.41. The van der Waals surface area contributed by atoms with Crippen LogP contribution < -0.4 is 5.32 Å². The Kier molecular flexibility index (Phi) is 5.12. The first kappa shape index (κ1) is 13.8. The molecule has 1 aromatic heterocycles.